The standard InChI is InChI=1S/C12H16N2O2/c1-4-6-12(15)13-9-10(14(2)3)11-7-5-8-16-11/h5,7-8,10H,9H2,1-3H3,(H,13,15)/t10-/m0/s1. The summed E-state index contributed by atoms with van der Waals surface area (Å²) in [7, 11) is 3.87. The van der Waals surface area contributed by atoms with Gasteiger partial charge in [-0.25, -0.2) is 0 Å². The maximum Gasteiger partial charge on any atom is 0.295 e. The van der Waals surface area contributed by atoms with E-state index in [2.05, 4.69) is 17.2 Å². The van der Waals surface area contributed by atoms with E-state index < -0.39 is 0 Å². The van der Waals surface area contributed by atoms with Crippen LogP contribution in [-0.2, 0) is 4.79 Å². The van der Waals surface area contributed by atoms with E-state index in [9.17, 15) is 4.79 Å². The molecule has 1 aromatic heterocycles. The number of hydrogen-bond acceptors (Lipinski definition) is 3. The third kappa shape index (κ3) is 3.44. The smallest absolute Gasteiger partial charge is 0.295 e. The summed E-state index contributed by atoms with van der Waals surface area (Å²) < 4.78 is 5.32. The van der Waals surface area contributed by atoms with Gasteiger partial charge in [-0.3, -0.25) is 9.69 Å². The first-order chi connectivity index (χ1) is 7.65. The first-order valence-corrected chi connectivity index (χ1v) is 5.05. The highest BCUT2D eigenvalue weighted by molar-refractivity contribution is 5.93. The molecular weight excluding hydrogens is 204 g/mol. The largest absolute Gasteiger partial charge is 0.468 e. The molecule has 1 aromatic rings. The van der Waals surface area contributed by atoms with Crippen LogP contribution < -0.4 is 5.32 Å². The van der Waals surface area contributed by atoms with Gasteiger partial charge >= 0.3 is 0 Å². The number of nitrogens with one attached hydrogen (secondary N) is 1. The third-order valence-electron chi connectivity index (χ3n) is 2.19. The summed E-state index contributed by atoms with van der Waals surface area (Å²) in [5.74, 6) is 5.56. The topological polar surface area (TPSA) is 45.5 Å². The van der Waals surface area contributed by atoms with E-state index in [0.29, 0.717) is 6.54 Å². The molecule has 1 amide bonds. The quantitative estimate of drug-likeness (QED) is 0.771. The second-order valence-electron chi connectivity index (χ2n) is 3.58. The van der Waals surface area contributed by atoms with Crippen molar-refractivity contribution in [1.29, 1.82) is 0 Å². The van der Waals surface area contributed by atoms with Crippen molar-refractivity contribution in [3.8, 4) is 11.8 Å². The minimum atomic E-state index is -0.263. The molecule has 0 aliphatic carbocycles. The molecule has 1 atom stereocenters. The first kappa shape index (κ1) is 12.3. The number of likely N-dealkylation sites (N-methyl/N-ethyl adjacent to an activating group) is 1. The normalized spacial score (nSPS) is 11.8. The number of carbonyl (C=O) groups is 1. The Morgan fingerprint density at radius 3 is 2.88 bits per heavy atom. The highest BCUT2D eigenvalue weighted by Crippen LogP contribution is 2.17. The molecule has 0 aliphatic rings. The fourth-order valence-corrected chi connectivity index (χ4v) is 1.37. The number of hydrogen-bond donors (Lipinski definition) is 1. The summed E-state index contributed by atoms with van der Waals surface area (Å²) in [4.78, 5) is 13.2. The third-order valence-corrected chi connectivity index (χ3v) is 2.19. The zero-order valence-corrected chi connectivity index (χ0v) is 9.78. The molecule has 0 bridgehead atoms. The lowest BCUT2D eigenvalue weighted by molar-refractivity contribution is -0.115. The van der Waals surface area contributed by atoms with Crippen molar-refractivity contribution in [2.24, 2.45) is 0 Å². The van der Waals surface area contributed by atoms with Crippen molar-refractivity contribution in [2.45, 2.75) is 13.0 Å². The zero-order chi connectivity index (χ0) is 12.0. The van der Waals surface area contributed by atoms with Crippen molar-refractivity contribution in [2.75, 3.05) is 20.6 Å². The van der Waals surface area contributed by atoms with E-state index in [0.717, 1.165) is 5.76 Å². The van der Waals surface area contributed by atoms with Gasteiger partial charge in [0.05, 0.1) is 12.3 Å². The fraction of sp³-hybridized carbons (Fsp3) is 0.417. The molecule has 4 nitrogen and oxygen atoms in total. The van der Waals surface area contributed by atoms with Gasteiger partial charge in [-0.05, 0) is 39.1 Å². The fourth-order valence-electron chi connectivity index (χ4n) is 1.37. The monoisotopic (exact) mass is 220 g/mol. The summed E-state index contributed by atoms with van der Waals surface area (Å²) in [6.45, 7) is 2.11. The predicted molar refractivity (Wildman–Crippen MR) is 61.6 cm³/mol. The van der Waals surface area contributed by atoms with Crippen LogP contribution in [0.4, 0.5) is 0 Å². The Labute approximate surface area is 95.6 Å². The average molecular weight is 220 g/mol. The van der Waals surface area contributed by atoms with Gasteiger partial charge in [0, 0.05) is 6.54 Å². The average Bonchev–Trinajstić information content (AvgIpc) is 2.71. The predicted octanol–water partition coefficient (Wildman–Crippen LogP) is 1.02. The Balaban J connectivity index is 2.59. The van der Waals surface area contributed by atoms with Crippen molar-refractivity contribution >= 4 is 5.91 Å². The lowest BCUT2D eigenvalue weighted by Gasteiger charge is -2.21. The van der Waals surface area contributed by atoms with Gasteiger partial charge in [0.2, 0.25) is 0 Å². The minimum Gasteiger partial charge on any atom is -0.468 e. The molecule has 0 aromatic carbocycles. The van der Waals surface area contributed by atoms with E-state index in [1.807, 2.05) is 31.1 Å². The number of carbonyl (C=O) groups excluding carboxylic acids is 1. The molecule has 4 heteroatoms. The Kier molecular flexibility index (Phi) is 4.62. The van der Waals surface area contributed by atoms with E-state index >= 15 is 0 Å². The molecule has 1 heterocycles. The van der Waals surface area contributed by atoms with Crippen molar-refractivity contribution in [3.05, 3.63) is 24.2 Å². The van der Waals surface area contributed by atoms with E-state index in [-0.39, 0.29) is 11.9 Å². The van der Waals surface area contributed by atoms with Crippen LogP contribution in [0.5, 0.6) is 0 Å². The van der Waals surface area contributed by atoms with E-state index in [4.69, 9.17) is 4.42 Å². The molecule has 0 spiro atoms. The summed E-state index contributed by atoms with van der Waals surface area (Å²) in [6, 6.07) is 3.75. The maximum absolute atomic E-state index is 11.2. The van der Waals surface area contributed by atoms with Gasteiger partial charge in [0.25, 0.3) is 5.91 Å². The van der Waals surface area contributed by atoms with E-state index in [1.165, 1.54) is 0 Å². The molecule has 0 unspecified atom stereocenters. The minimum absolute atomic E-state index is 0.0256. The Bertz CT molecular complexity index is 385. The lowest BCUT2D eigenvalue weighted by Crippen LogP contribution is -2.33. The van der Waals surface area contributed by atoms with Gasteiger partial charge in [-0.1, -0.05) is 5.92 Å². The molecule has 1 N–H and O–H groups in total. The van der Waals surface area contributed by atoms with Crippen LogP contribution in [0.15, 0.2) is 22.8 Å². The molecule has 0 saturated carbocycles. The van der Waals surface area contributed by atoms with Gasteiger partial charge in [0.1, 0.15) is 5.76 Å². The lowest BCUT2D eigenvalue weighted by atomic mass is 10.2. The van der Waals surface area contributed by atoms with Crippen LogP contribution in [0, 0.1) is 11.8 Å². The Morgan fingerprint density at radius 1 is 1.62 bits per heavy atom. The van der Waals surface area contributed by atoms with Crippen LogP contribution in [0.3, 0.4) is 0 Å². The van der Waals surface area contributed by atoms with Crippen molar-refractivity contribution < 1.29 is 9.21 Å². The van der Waals surface area contributed by atoms with Gasteiger partial charge in [-0.15, -0.1) is 0 Å². The zero-order valence-electron chi connectivity index (χ0n) is 9.78. The molecule has 86 valence electrons. The van der Waals surface area contributed by atoms with Crippen LogP contribution in [0.25, 0.3) is 0 Å². The van der Waals surface area contributed by atoms with Gasteiger partial charge < -0.3 is 9.73 Å². The number of amides is 1. The maximum atomic E-state index is 11.2. The molecule has 0 fully saturated rings. The van der Waals surface area contributed by atoms with Gasteiger partial charge in [-0.2, -0.15) is 0 Å². The Morgan fingerprint density at radius 2 is 2.38 bits per heavy atom. The van der Waals surface area contributed by atoms with Crippen molar-refractivity contribution in [1.82, 2.24) is 10.2 Å². The van der Waals surface area contributed by atoms with Crippen LogP contribution >= 0.6 is 0 Å². The first-order valence-electron chi connectivity index (χ1n) is 5.05. The van der Waals surface area contributed by atoms with Gasteiger partial charge in [0.15, 0.2) is 0 Å². The molecule has 1 rings (SSSR count). The molecular formula is C12H16N2O2. The second kappa shape index (κ2) is 5.99. The number of furan rings is 1. The molecule has 0 aliphatic heterocycles. The van der Waals surface area contributed by atoms with Crippen LogP contribution in [-0.4, -0.2) is 31.4 Å². The summed E-state index contributed by atoms with van der Waals surface area (Å²) in [5.41, 5.74) is 0. The summed E-state index contributed by atoms with van der Waals surface area (Å²) in [6.07, 6.45) is 1.62. The second-order valence-corrected chi connectivity index (χ2v) is 3.58. The number of rotatable bonds is 4. The van der Waals surface area contributed by atoms with E-state index in [1.54, 1.807) is 13.2 Å². The highest BCUT2D eigenvalue weighted by atomic mass is 16.3. The number of nitrogens with zero attached hydrogens (tertiary/aromatic N) is 1. The molecule has 0 radical (unpaired) electrons. The highest BCUT2D eigenvalue weighted by Gasteiger charge is 2.17. The van der Waals surface area contributed by atoms with Crippen molar-refractivity contribution in [3.63, 3.8) is 0 Å². The molecule has 0 saturated heterocycles. The van der Waals surface area contributed by atoms with Crippen LogP contribution in [0.2, 0.25) is 0 Å². The Hall–Kier alpha value is -1.73. The SMILES string of the molecule is CC#CC(=O)NC[C@@H](c1ccco1)N(C)C. The summed E-state index contributed by atoms with van der Waals surface area (Å²) in [5, 5.41) is 2.74. The van der Waals surface area contributed by atoms with Crippen LogP contribution in [0.1, 0.15) is 18.7 Å². The summed E-state index contributed by atoms with van der Waals surface area (Å²) >= 11 is 0. The molecule has 16 heavy (non-hydrogen) atoms.